The molecule has 0 aliphatic rings. The molecule has 6 nitrogen and oxygen atoms in total. The van der Waals surface area contributed by atoms with Gasteiger partial charge >= 0.3 is 0 Å². The van der Waals surface area contributed by atoms with Gasteiger partial charge in [0, 0.05) is 10.9 Å². The first-order valence-corrected chi connectivity index (χ1v) is 10.2. The standard InChI is InChI=1S/C22H23N3O3S/c1-3-16-8-4-5-10-19(16)28-13-21(27)25-24-20(26)12-18-14-29-22(23-18)17-9-6-7-15(2)11-17/h4-11,14H,3,12-13H2,1-2H3,(H,24,26)(H,25,27). The Hall–Kier alpha value is -3.19. The molecule has 1 heterocycles. The minimum Gasteiger partial charge on any atom is -0.483 e. The van der Waals surface area contributed by atoms with Crippen LogP contribution in [0.3, 0.4) is 0 Å². The number of aryl methyl sites for hydroxylation is 2. The number of nitrogens with one attached hydrogen (secondary N) is 2. The van der Waals surface area contributed by atoms with Crippen LogP contribution >= 0.6 is 11.3 Å². The first kappa shape index (κ1) is 20.5. The number of hydrogen-bond donors (Lipinski definition) is 2. The molecule has 0 radical (unpaired) electrons. The van der Waals surface area contributed by atoms with Crippen molar-refractivity contribution in [1.82, 2.24) is 15.8 Å². The lowest BCUT2D eigenvalue weighted by Crippen LogP contribution is -2.44. The summed E-state index contributed by atoms with van der Waals surface area (Å²) in [4.78, 5) is 28.5. The lowest BCUT2D eigenvalue weighted by Gasteiger charge is -2.11. The van der Waals surface area contributed by atoms with E-state index < -0.39 is 5.91 Å². The van der Waals surface area contributed by atoms with Crippen LogP contribution in [0, 0.1) is 6.92 Å². The number of rotatable bonds is 7. The van der Waals surface area contributed by atoms with E-state index >= 15 is 0 Å². The SMILES string of the molecule is CCc1ccccc1OCC(=O)NNC(=O)Cc1csc(-c2cccc(C)c2)n1. The fourth-order valence-electron chi connectivity index (χ4n) is 2.76. The van der Waals surface area contributed by atoms with Gasteiger partial charge in [0.25, 0.3) is 5.91 Å². The molecule has 2 aromatic carbocycles. The zero-order valence-electron chi connectivity index (χ0n) is 16.4. The number of hydrogen-bond acceptors (Lipinski definition) is 5. The summed E-state index contributed by atoms with van der Waals surface area (Å²) in [5.74, 6) is -0.0981. The molecule has 1 aromatic heterocycles. The normalized spacial score (nSPS) is 10.4. The maximum Gasteiger partial charge on any atom is 0.276 e. The second-order valence-corrected chi connectivity index (χ2v) is 7.39. The van der Waals surface area contributed by atoms with Crippen molar-refractivity contribution in [2.75, 3.05) is 6.61 Å². The minimum atomic E-state index is -0.428. The van der Waals surface area contributed by atoms with Crippen LogP contribution in [-0.4, -0.2) is 23.4 Å². The molecule has 0 saturated carbocycles. The van der Waals surface area contributed by atoms with Gasteiger partial charge in [0.05, 0.1) is 12.1 Å². The number of amides is 2. The Labute approximate surface area is 173 Å². The van der Waals surface area contributed by atoms with Gasteiger partial charge in [-0.15, -0.1) is 11.3 Å². The van der Waals surface area contributed by atoms with Gasteiger partial charge in [-0.05, 0) is 31.0 Å². The van der Waals surface area contributed by atoms with Gasteiger partial charge in [-0.2, -0.15) is 0 Å². The Kier molecular flexibility index (Phi) is 6.97. The lowest BCUT2D eigenvalue weighted by atomic mass is 10.1. The molecule has 3 rings (SSSR count). The summed E-state index contributed by atoms with van der Waals surface area (Å²) >= 11 is 1.49. The van der Waals surface area contributed by atoms with Crippen LogP contribution < -0.4 is 15.6 Å². The van der Waals surface area contributed by atoms with E-state index in [4.69, 9.17) is 4.74 Å². The van der Waals surface area contributed by atoms with Gasteiger partial charge < -0.3 is 4.74 Å². The van der Waals surface area contributed by atoms with Gasteiger partial charge in [0.1, 0.15) is 10.8 Å². The van der Waals surface area contributed by atoms with Crippen molar-refractivity contribution in [2.45, 2.75) is 26.7 Å². The van der Waals surface area contributed by atoms with Crippen LogP contribution in [0.4, 0.5) is 0 Å². The lowest BCUT2D eigenvalue weighted by molar-refractivity contribution is -0.129. The van der Waals surface area contributed by atoms with Gasteiger partial charge in [0.15, 0.2) is 6.61 Å². The highest BCUT2D eigenvalue weighted by molar-refractivity contribution is 7.13. The van der Waals surface area contributed by atoms with Crippen molar-refractivity contribution in [3.05, 3.63) is 70.7 Å². The molecule has 0 bridgehead atoms. The predicted octanol–water partition coefficient (Wildman–Crippen LogP) is 3.45. The fraction of sp³-hybridized carbons (Fsp3) is 0.227. The highest BCUT2D eigenvalue weighted by Crippen LogP contribution is 2.24. The summed E-state index contributed by atoms with van der Waals surface area (Å²) in [6, 6.07) is 15.6. The number of nitrogens with zero attached hydrogens (tertiary/aromatic N) is 1. The van der Waals surface area contributed by atoms with E-state index in [9.17, 15) is 9.59 Å². The topological polar surface area (TPSA) is 80.3 Å². The van der Waals surface area contributed by atoms with E-state index in [-0.39, 0.29) is 18.9 Å². The Bertz CT molecular complexity index is 1000. The second kappa shape index (κ2) is 9.84. The summed E-state index contributed by atoms with van der Waals surface area (Å²) in [7, 11) is 0. The summed E-state index contributed by atoms with van der Waals surface area (Å²) in [6.45, 7) is 3.87. The first-order chi connectivity index (χ1) is 14.0. The number of aromatic nitrogens is 1. The maximum atomic E-state index is 12.1. The number of hydrazine groups is 1. The molecule has 7 heteroatoms. The van der Waals surface area contributed by atoms with E-state index in [0.29, 0.717) is 11.4 Å². The number of benzene rings is 2. The van der Waals surface area contributed by atoms with E-state index in [2.05, 4.69) is 21.9 Å². The highest BCUT2D eigenvalue weighted by atomic mass is 32.1. The van der Waals surface area contributed by atoms with Crippen LogP contribution in [0.15, 0.2) is 53.9 Å². The number of thiazole rings is 1. The van der Waals surface area contributed by atoms with Crippen LogP contribution in [0.2, 0.25) is 0 Å². The smallest absolute Gasteiger partial charge is 0.276 e. The Morgan fingerprint density at radius 3 is 2.66 bits per heavy atom. The number of carbonyl (C=O) groups excluding carboxylic acids is 2. The molecule has 0 aliphatic heterocycles. The fourth-order valence-corrected chi connectivity index (χ4v) is 3.58. The van der Waals surface area contributed by atoms with Crippen LogP contribution in [0.1, 0.15) is 23.7 Å². The third-order valence-corrected chi connectivity index (χ3v) is 5.15. The van der Waals surface area contributed by atoms with Crippen molar-refractivity contribution in [3.63, 3.8) is 0 Å². The molecule has 3 aromatic rings. The summed E-state index contributed by atoms with van der Waals surface area (Å²) in [6.07, 6.45) is 0.898. The zero-order chi connectivity index (χ0) is 20.6. The molecular weight excluding hydrogens is 386 g/mol. The molecule has 2 amide bonds. The Balaban J connectivity index is 1.46. The van der Waals surface area contributed by atoms with Crippen LogP contribution in [-0.2, 0) is 22.4 Å². The predicted molar refractivity (Wildman–Crippen MR) is 114 cm³/mol. The molecule has 0 fully saturated rings. The van der Waals surface area contributed by atoms with E-state index in [1.54, 1.807) is 0 Å². The highest BCUT2D eigenvalue weighted by Gasteiger charge is 2.11. The Morgan fingerprint density at radius 2 is 1.86 bits per heavy atom. The van der Waals surface area contributed by atoms with Crippen molar-refractivity contribution >= 4 is 23.2 Å². The molecule has 0 spiro atoms. The number of para-hydroxylation sites is 1. The van der Waals surface area contributed by atoms with Gasteiger partial charge in [-0.1, -0.05) is 48.9 Å². The first-order valence-electron chi connectivity index (χ1n) is 9.35. The molecule has 29 heavy (non-hydrogen) atoms. The molecule has 150 valence electrons. The van der Waals surface area contributed by atoms with Gasteiger partial charge in [0.2, 0.25) is 5.91 Å². The molecule has 0 aliphatic carbocycles. The Morgan fingerprint density at radius 1 is 1.07 bits per heavy atom. The average molecular weight is 410 g/mol. The molecule has 2 N–H and O–H groups in total. The van der Waals surface area contributed by atoms with E-state index in [1.165, 1.54) is 11.3 Å². The molecule has 0 atom stereocenters. The third kappa shape index (κ3) is 5.89. The summed E-state index contributed by atoms with van der Waals surface area (Å²) < 4.78 is 5.53. The minimum absolute atomic E-state index is 0.0854. The van der Waals surface area contributed by atoms with Crippen molar-refractivity contribution in [3.8, 4) is 16.3 Å². The number of ether oxygens (including phenoxy) is 1. The third-order valence-electron chi connectivity index (χ3n) is 4.21. The second-order valence-electron chi connectivity index (χ2n) is 6.54. The summed E-state index contributed by atoms with van der Waals surface area (Å²) in [5, 5.41) is 2.72. The molecular formula is C22H23N3O3S. The summed E-state index contributed by atoms with van der Waals surface area (Å²) in [5.41, 5.74) is 8.64. The molecule has 0 saturated heterocycles. The number of carbonyl (C=O) groups is 2. The zero-order valence-corrected chi connectivity index (χ0v) is 17.2. The van der Waals surface area contributed by atoms with Crippen molar-refractivity contribution in [1.29, 1.82) is 0 Å². The monoisotopic (exact) mass is 409 g/mol. The van der Waals surface area contributed by atoms with Crippen molar-refractivity contribution in [2.24, 2.45) is 0 Å². The van der Waals surface area contributed by atoms with Crippen LogP contribution in [0.5, 0.6) is 5.75 Å². The van der Waals surface area contributed by atoms with E-state index in [0.717, 1.165) is 28.1 Å². The van der Waals surface area contributed by atoms with E-state index in [1.807, 2.05) is 61.7 Å². The molecule has 0 unspecified atom stereocenters. The average Bonchev–Trinajstić information content (AvgIpc) is 3.19. The maximum absolute atomic E-state index is 12.1. The van der Waals surface area contributed by atoms with Crippen LogP contribution in [0.25, 0.3) is 10.6 Å². The van der Waals surface area contributed by atoms with Crippen molar-refractivity contribution < 1.29 is 14.3 Å². The van der Waals surface area contributed by atoms with Gasteiger partial charge in [-0.3, -0.25) is 20.4 Å². The van der Waals surface area contributed by atoms with Gasteiger partial charge in [-0.25, -0.2) is 4.98 Å². The quantitative estimate of drug-likeness (QED) is 0.586. The largest absolute Gasteiger partial charge is 0.483 e.